The van der Waals surface area contributed by atoms with Crippen LogP contribution in [0, 0.1) is 17.5 Å². The summed E-state index contributed by atoms with van der Waals surface area (Å²) in [5, 5.41) is 28.4. The summed E-state index contributed by atoms with van der Waals surface area (Å²) in [5.41, 5.74) is 21.2. The summed E-state index contributed by atoms with van der Waals surface area (Å²) in [7, 11) is -0.623. The largest absolute Gasteiger partial charge is 1.00 e. The Bertz CT molecular complexity index is 3280. The number of anilines is 3. The molecule has 0 saturated heterocycles. The van der Waals surface area contributed by atoms with E-state index in [1.165, 1.54) is 50.6 Å². The van der Waals surface area contributed by atoms with Crippen LogP contribution in [0.25, 0.3) is 33.8 Å². The van der Waals surface area contributed by atoms with Crippen molar-refractivity contribution in [3.63, 3.8) is 0 Å². The van der Waals surface area contributed by atoms with Crippen LogP contribution in [0.4, 0.5) is 30.6 Å². The third-order valence-electron chi connectivity index (χ3n) is 13.2. The normalized spacial score (nSPS) is 20.8. The van der Waals surface area contributed by atoms with Crippen molar-refractivity contribution in [2.24, 2.45) is 0 Å². The Labute approximate surface area is 492 Å². The van der Waals surface area contributed by atoms with E-state index in [1.807, 2.05) is 0 Å². The third kappa shape index (κ3) is 16.4. The van der Waals surface area contributed by atoms with E-state index in [0.717, 1.165) is 24.6 Å². The van der Waals surface area contributed by atoms with E-state index in [-0.39, 0.29) is 106 Å². The zero-order valence-corrected chi connectivity index (χ0v) is 45.5. The fourth-order valence-corrected chi connectivity index (χ4v) is 8.90. The number of carbonyl (C=O) groups excluding carboxylic acids is 3. The van der Waals surface area contributed by atoms with Crippen molar-refractivity contribution in [3.8, 4) is 33.8 Å². The van der Waals surface area contributed by atoms with E-state index in [0.29, 0.717) is 109 Å². The number of halogens is 3. The number of aromatic carboxylic acids is 1. The van der Waals surface area contributed by atoms with Crippen molar-refractivity contribution in [1.29, 1.82) is 5.34 Å². The molecule has 19 nitrogen and oxygen atoms in total. The van der Waals surface area contributed by atoms with Gasteiger partial charge in [-0.15, -0.1) is 0 Å². The Morgan fingerprint density at radius 3 is 1.17 bits per heavy atom. The summed E-state index contributed by atoms with van der Waals surface area (Å²) in [6.07, 6.45) is 8.36. The SMILES string of the molecule is COC(=O)c1ccc(-c2nc(C3CCC(=O)CC3)cnc2N)cc1F.[2H]C1(O)CCC(c2cnc(N)c(-c3ccc(C(=O)O)c(F)c3)n2)CC1.[2H]C1(O)CCC(c2cnc(N)c(-c3ccc(C(=O)OC)c(F)c3)n2)CC1.[2H][B-]([2H])([2H])[2H].[Li+].[Na+].[OH-]. The molecule has 3 aromatic carbocycles. The van der Waals surface area contributed by atoms with E-state index >= 15 is 0 Å². The second kappa shape index (κ2) is 30.2. The van der Waals surface area contributed by atoms with Crippen molar-refractivity contribution < 1.29 is 114 Å². The number of hydrogen-bond donors (Lipinski definition) is 6. The molecule has 404 valence electrons. The topological polar surface area (TPSA) is 333 Å². The number of carboxylic acid groups (broad SMARTS) is 1. The molecule has 6 aromatic rings. The number of nitrogens with two attached hydrogens (primary N) is 3. The summed E-state index contributed by atoms with van der Waals surface area (Å²) in [6, 6.07) is 11.8. The number of aromatic nitrogens is 6. The summed E-state index contributed by atoms with van der Waals surface area (Å²) in [4.78, 5) is 71.3. The van der Waals surface area contributed by atoms with Gasteiger partial charge in [0.05, 0.1) is 81.5 Å². The van der Waals surface area contributed by atoms with E-state index in [9.17, 15) is 42.6 Å². The Balaban J connectivity index is 0.000000311. The first-order valence-corrected chi connectivity index (χ1v) is 23.7. The molecule has 0 spiro atoms. The van der Waals surface area contributed by atoms with Crippen LogP contribution in [0.2, 0.25) is 0 Å². The number of rotatable bonds is 9. The van der Waals surface area contributed by atoms with Crippen molar-refractivity contribution in [2.45, 2.75) is 107 Å². The number of nitrogen functional groups attached to an aromatic ring is 3. The van der Waals surface area contributed by atoms with E-state index in [1.54, 1.807) is 30.7 Å². The minimum absolute atomic E-state index is 0. The molecule has 10 N–H and O–H groups in total. The average Bonchev–Trinajstić information content (AvgIpc) is 2.77. The molecule has 3 saturated carbocycles. The molecule has 3 fully saturated rings. The zero-order chi connectivity index (χ0) is 59.6. The number of hydrogen-bond acceptors (Lipinski definition) is 18. The van der Waals surface area contributed by atoms with E-state index < -0.39 is 61.3 Å². The molecule has 3 heterocycles. The molecule has 0 amide bonds. The van der Waals surface area contributed by atoms with Gasteiger partial charge in [0.25, 0.3) is 0 Å². The fourth-order valence-electron chi connectivity index (χ4n) is 8.90. The maximum Gasteiger partial charge on any atom is 1.00 e. The predicted octanol–water partition coefficient (Wildman–Crippen LogP) is 0.509. The first kappa shape index (κ1) is 56.4. The quantitative estimate of drug-likeness (QED) is 0.0848. The Kier molecular flexibility index (Phi) is 21.8. The number of carbonyl (C=O) groups is 4. The second-order valence-corrected chi connectivity index (χ2v) is 18.0. The number of carboxylic acids is 1. The third-order valence-corrected chi connectivity index (χ3v) is 13.2. The molecule has 9 rings (SSSR count). The van der Waals surface area contributed by atoms with Gasteiger partial charge < -0.3 is 47.5 Å². The summed E-state index contributed by atoms with van der Waals surface area (Å²) >= 11 is 0. The molecule has 78 heavy (non-hydrogen) atoms. The summed E-state index contributed by atoms with van der Waals surface area (Å²) < 4.78 is 90.8. The van der Waals surface area contributed by atoms with Crippen LogP contribution in [0.1, 0.15) is 146 Å². The van der Waals surface area contributed by atoms with Gasteiger partial charge in [-0.2, -0.15) is 0 Å². The smallest absolute Gasteiger partial charge is 0.870 e. The van der Waals surface area contributed by atoms with Crippen molar-refractivity contribution in [3.05, 3.63) is 124 Å². The Hall–Kier alpha value is -6.29. The molecule has 0 unspecified atom stereocenters. The molecule has 0 bridgehead atoms. The first-order chi connectivity index (χ1) is 38.1. The van der Waals surface area contributed by atoms with Gasteiger partial charge in [0.1, 0.15) is 57.8 Å². The molecule has 3 aliphatic carbocycles. The molecule has 0 atom stereocenters. The van der Waals surface area contributed by atoms with Crippen LogP contribution in [-0.2, 0) is 14.3 Å². The average molecular weight is 1090 g/mol. The molecule has 25 heteroatoms. The molecule has 3 aliphatic rings. The van der Waals surface area contributed by atoms with Gasteiger partial charge in [-0.1, -0.05) is 26.5 Å². The Morgan fingerprint density at radius 1 is 0.590 bits per heavy atom. The van der Waals surface area contributed by atoms with Crippen LogP contribution < -0.4 is 65.6 Å². The Morgan fingerprint density at radius 2 is 0.885 bits per heavy atom. The molecular weight excluding hydrogens is 1020 g/mol. The van der Waals surface area contributed by atoms with Crippen LogP contribution in [0.3, 0.4) is 0 Å². The van der Waals surface area contributed by atoms with Crippen LogP contribution in [-0.4, -0.2) is 114 Å². The number of nitrogens with zero attached hydrogens (tertiary/aromatic N) is 6. The number of ketones is 1. The minimum atomic E-state index is -3.00. The predicted molar refractivity (Wildman–Crippen MR) is 279 cm³/mol. The van der Waals surface area contributed by atoms with Gasteiger partial charge >= 0.3 is 66.3 Å². The van der Waals surface area contributed by atoms with Gasteiger partial charge in [0, 0.05) is 47.3 Å². The number of aliphatic hydroxyl groups is 2. The van der Waals surface area contributed by atoms with Gasteiger partial charge in [-0.25, -0.2) is 62.8 Å². The number of methoxy groups -OCH3 is 2. The molecular formula is C53H61BF3LiN9NaO10. The zero-order valence-electron chi connectivity index (χ0n) is 49.5. The van der Waals surface area contributed by atoms with Gasteiger partial charge in [-0.05, 0) is 101 Å². The van der Waals surface area contributed by atoms with E-state index in [2.05, 4.69) is 39.4 Å². The van der Waals surface area contributed by atoms with Crippen LogP contribution >= 0.6 is 0 Å². The second-order valence-electron chi connectivity index (χ2n) is 18.0. The summed E-state index contributed by atoms with van der Waals surface area (Å²) in [6.45, 7) is 0. The number of benzene rings is 3. The monoisotopic (exact) mass is 1090 g/mol. The maximum absolute atomic E-state index is 14.2. The molecule has 0 aliphatic heterocycles. The molecule has 0 radical (unpaired) electrons. The van der Waals surface area contributed by atoms with E-state index in [4.69, 9.17) is 30.4 Å². The standard InChI is InChI=1S/C18H20FN3O3.C18H18FN3O3.C17H18FN3O3.BH4.Li.Na.H2O/c2*1-25-18(24)13-7-4-11(8-14(13)19)16-17(20)21-9-15(22-16)10-2-5-12(23)6-3-10;18-13-7-10(3-6-12(13)17(23)24)15-16(19)20-8-14(21-15)9-1-4-11(22)5-2-9;;;;/h4,7-10,12,23H,2-3,5-6H2,1H3,(H2,20,21);4,7-10H,2-3,5-6H2,1H3,(H2,20,21);3,6-9,11,22H,1-2,4-5H2,(H2,19,20)(H,23,24);1H4;;;1H2/q;;;-1;2*+1;/p-1/i12D;;11D;1D4;;;. The van der Waals surface area contributed by atoms with Crippen LogP contribution in [0.15, 0.2) is 73.2 Å². The minimum Gasteiger partial charge on any atom is -0.870 e. The summed E-state index contributed by atoms with van der Waals surface area (Å²) in [5.74, 6) is -4.17. The number of ether oxygens (including phenoxy) is 2. The van der Waals surface area contributed by atoms with Crippen molar-refractivity contribution in [1.82, 2.24) is 29.9 Å². The van der Waals surface area contributed by atoms with Crippen molar-refractivity contribution in [2.75, 3.05) is 31.4 Å². The van der Waals surface area contributed by atoms with Crippen LogP contribution in [0.5, 0.6) is 0 Å². The number of Topliss-reactive ketones (excluding diaryl/α,β-unsaturated/α-hetero) is 1. The number of esters is 2. The van der Waals surface area contributed by atoms with Gasteiger partial charge in [0.2, 0.25) is 0 Å². The van der Waals surface area contributed by atoms with Crippen molar-refractivity contribution >= 4 is 49.4 Å². The molecule has 3 aromatic heterocycles. The van der Waals surface area contributed by atoms with Gasteiger partial charge in [0.15, 0.2) is 0 Å². The first-order valence-electron chi connectivity index (χ1n) is 27.0. The van der Waals surface area contributed by atoms with Gasteiger partial charge in [-0.3, -0.25) is 4.79 Å². The maximum atomic E-state index is 14.2. The fraction of sp³-hybridized carbons (Fsp3) is 0.358.